The van der Waals surface area contributed by atoms with Gasteiger partial charge in [-0.1, -0.05) is 0 Å². The Morgan fingerprint density at radius 2 is 1.57 bits per heavy atom. The van der Waals surface area contributed by atoms with E-state index in [2.05, 4.69) is 0 Å². The molecule has 0 aliphatic heterocycles. The van der Waals surface area contributed by atoms with Crippen LogP contribution in [0, 0.1) is 6.92 Å². The summed E-state index contributed by atoms with van der Waals surface area (Å²) in [5.74, 6) is -2.68. The highest BCUT2D eigenvalue weighted by Crippen LogP contribution is 2.41. The summed E-state index contributed by atoms with van der Waals surface area (Å²) in [5.41, 5.74) is 0.0212. The Morgan fingerprint density at radius 1 is 1.07 bits per heavy atom. The summed E-state index contributed by atoms with van der Waals surface area (Å²) in [6.07, 6.45) is 0. The van der Waals surface area contributed by atoms with Crippen LogP contribution in [0.2, 0.25) is 0 Å². The summed E-state index contributed by atoms with van der Waals surface area (Å²) >= 11 is 0. The number of hydrogen-bond acceptors (Lipinski definition) is 5. The molecule has 0 aliphatic carbocycles. The highest BCUT2D eigenvalue weighted by Gasteiger charge is 2.22. The van der Waals surface area contributed by atoms with Crippen molar-refractivity contribution in [1.29, 1.82) is 0 Å². The van der Waals surface area contributed by atoms with Gasteiger partial charge in [-0.25, -0.2) is 0 Å². The van der Waals surface area contributed by atoms with Crippen LogP contribution in [-0.2, 0) is 10.1 Å². The number of aryl methyl sites for hydroxylation is 1. The zero-order valence-electron chi connectivity index (χ0n) is 7.09. The Balaban J connectivity index is 3.66. The van der Waals surface area contributed by atoms with Gasteiger partial charge >= 0.3 is 0 Å². The van der Waals surface area contributed by atoms with Gasteiger partial charge in [-0.05, 0) is 18.6 Å². The van der Waals surface area contributed by atoms with Gasteiger partial charge in [0, 0.05) is 0 Å². The molecule has 14 heavy (non-hydrogen) atoms. The zero-order chi connectivity index (χ0) is 11.1. The fourth-order valence-electron chi connectivity index (χ4n) is 0.946. The Kier molecular flexibility index (Phi) is 2.30. The average molecular weight is 220 g/mol. The number of benzene rings is 1. The van der Waals surface area contributed by atoms with Crippen LogP contribution in [0.4, 0.5) is 0 Å². The molecule has 0 fully saturated rings. The minimum absolute atomic E-state index is 0.0212. The van der Waals surface area contributed by atoms with E-state index in [9.17, 15) is 8.42 Å². The summed E-state index contributed by atoms with van der Waals surface area (Å²) in [5, 5.41) is 27.2. The van der Waals surface area contributed by atoms with Gasteiger partial charge in [0.05, 0.1) is 0 Å². The monoisotopic (exact) mass is 220 g/mol. The SMILES string of the molecule is Cc1cc(S(=O)(=O)O)c(O)c(O)c1O. The van der Waals surface area contributed by atoms with Gasteiger partial charge in [0.2, 0.25) is 5.75 Å². The van der Waals surface area contributed by atoms with Gasteiger partial charge in [0.15, 0.2) is 11.5 Å². The first kappa shape index (κ1) is 10.6. The standard InChI is InChI=1S/C7H8O6S/c1-3-2-4(14(11,12)13)6(9)7(10)5(3)8/h2,8-10H,1H3,(H,11,12,13). The molecule has 1 aromatic carbocycles. The third kappa shape index (κ3) is 1.59. The first-order chi connectivity index (χ1) is 6.25. The number of rotatable bonds is 1. The van der Waals surface area contributed by atoms with Crippen LogP contribution in [0.5, 0.6) is 17.2 Å². The van der Waals surface area contributed by atoms with E-state index in [1.807, 2.05) is 0 Å². The summed E-state index contributed by atoms with van der Waals surface area (Å²) in [6.45, 7) is 1.31. The first-order valence-corrected chi connectivity index (χ1v) is 4.91. The maximum Gasteiger partial charge on any atom is 0.298 e. The van der Waals surface area contributed by atoms with E-state index in [-0.39, 0.29) is 5.56 Å². The average Bonchev–Trinajstić information content (AvgIpc) is 2.06. The molecule has 78 valence electrons. The molecular formula is C7H8O6S. The number of aromatic hydroxyl groups is 3. The molecule has 0 spiro atoms. The van der Waals surface area contributed by atoms with E-state index in [4.69, 9.17) is 19.9 Å². The summed E-state index contributed by atoms with van der Waals surface area (Å²) in [7, 11) is -4.62. The Hall–Kier alpha value is -1.47. The molecule has 7 heteroatoms. The number of hydrogen-bond donors (Lipinski definition) is 4. The van der Waals surface area contributed by atoms with Gasteiger partial charge in [-0.2, -0.15) is 8.42 Å². The molecule has 0 aliphatic rings. The molecule has 0 saturated heterocycles. The lowest BCUT2D eigenvalue weighted by molar-refractivity contribution is 0.357. The molecule has 1 aromatic rings. The molecule has 4 N–H and O–H groups in total. The van der Waals surface area contributed by atoms with Crippen LogP contribution in [0.3, 0.4) is 0 Å². The van der Waals surface area contributed by atoms with Crippen molar-refractivity contribution in [3.63, 3.8) is 0 Å². The second-order valence-corrected chi connectivity index (χ2v) is 4.10. The van der Waals surface area contributed by atoms with Gasteiger partial charge in [-0.15, -0.1) is 0 Å². The summed E-state index contributed by atoms with van der Waals surface area (Å²) < 4.78 is 30.0. The normalized spacial score (nSPS) is 11.6. The van der Waals surface area contributed by atoms with Crippen molar-refractivity contribution in [1.82, 2.24) is 0 Å². The maximum absolute atomic E-state index is 10.7. The van der Waals surface area contributed by atoms with Gasteiger partial charge in [0.25, 0.3) is 10.1 Å². The Bertz CT molecular complexity index is 475. The molecule has 1 rings (SSSR count). The van der Waals surface area contributed by atoms with Crippen LogP contribution >= 0.6 is 0 Å². The third-order valence-electron chi connectivity index (χ3n) is 1.68. The smallest absolute Gasteiger partial charge is 0.298 e. The molecule has 0 heterocycles. The predicted octanol–water partition coefficient (Wildman–Crippen LogP) is 0.359. The van der Waals surface area contributed by atoms with E-state index in [1.54, 1.807) is 0 Å². The van der Waals surface area contributed by atoms with Crippen molar-refractivity contribution >= 4 is 10.1 Å². The van der Waals surface area contributed by atoms with Crippen LogP contribution in [-0.4, -0.2) is 28.3 Å². The molecule has 0 unspecified atom stereocenters. The fraction of sp³-hybridized carbons (Fsp3) is 0.143. The predicted molar refractivity (Wildman–Crippen MR) is 46.0 cm³/mol. The molecular weight excluding hydrogens is 212 g/mol. The van der Waals surface area contributed by atoms with Gasteiger partial charge in [-0.3, -0.25) is 4.55 Å². The largest absolute Gasteiger partial charge is 0.504 e. The second kappa shape index (κ2) is 3.03. The second-order valence-electron chi connectivity index (χ2n) is 2.71. The van der Waals surface area contributed by atoms with E-state index >= 15 is 0 Å². The minimum Gasteiger partial charge on any atom is -0.504 e. The lowest BCUT2D eigenvalue weighted by Gasteiger charge is -2.07. The van der Waals surface area contributed by atoms with Gasteiger partial charge < -0.3 is 15.3 Å². The van der Waals surface area contributed by atoms with Crippen molar-refractivity contribution in [2.45, 2.75) is 11.8 Å². The highest BCUT2D eigenvalue weighted by molar-refractivity contribution is 7.86. The quantitative estimate of drug-likeness (QED) is 0.401. The fourth-order valence-corrected chi connectivity index (χ4v) is 1.61. The number of phenols is 3. The van der Waals surface area contributed by atoms with Crippen LogP contribution in [0.25, 0.3) is 0 Å². The maximum atomic E-state index is 10.7. The van der Waals surface area contributed by atoms with Crippen LogP contribution in [0.1, 0.15) is 5.56 Å². The topological polar surface area (TPSA) is 115 Å². The first-order valence-electron chi connectivity index (χ1n) is 3.47. The van der Waals surface area contributed by atoms with E-state index in [0.717, 1.165) is 6.07 Å². The molecule has 0 aromatic heterocycles. The summed E-state index contributed by atoms with van der Waals surface area (Å²) in [4.78, 5) is -0.842. The van der Waals surface area contributed by atoms with Crippen molar-refractivity contribution in [2.75, 3.05) is 0 Å². The zero-order valence-corrected chi connectivity index (χ0v) is 7.91. The molecule has 0 radical (unpaired) electrons. The molecule has 0 saturated carbocycles. The molecule has 6 nitrogen and oxygen atoms in total. The number of phenolic OH excluding ortho intramolecular Hbond substituents is 3. The lowest BCUT2D eigenvalue weighted by Crippen LogP contribution is -1.99. The van der Waals surface area contributed by atoms with Gasteiger partial charge in [0.1, 0.15) is 4.90 Å². The Labute approximate surface area is 79.8 Å². The van der Waals surface area contributed by atoms with Crippen LogP contribution < -0.4 is 0 Å². The van der Waals surface area contributed by atoms with E-state index in [1.165, 1.54) is 6.92 Å². The van der Waals surface area contributed by atoms with E-state index in [0.29, 0.717) is 0 Å². The van der Waals surface area contributed by atoms with Crippen molar-refractivity contribution in [3.05, 3.63) is 11.6 Å². The Morgan fingerprint density at radius 3 is 2.00 bits per heavy atom. The van der Waals surface area contributed by atoms with Crippen LogP contribution in [0.15, 0.2) is 11.0 Å². The van der Waals surface area contributed by atoms with Crippen molar-refractivity contribution in [2.24, 2.45) is 0 Å². The lowest BCUT2D eigenvalue weighted by atomic mass is 10.2. The van der Waals surface area contributed by atoms with E-state index < -0.39 is 32.3 Å². The summed E-state index contributed by atoms with van der Waals surface area (Å²) in [6, 6.07) is 0.847. The van der Waals surface area contributed by atoms with Crippen molar-refractivity contribution in [3.8, 4) is 17.2 Å². The molecule has 0 amide bonds. The molecule has 0 bridgehead atoms. The minimum atomic E-state index is -4.62. The third-order valence-corrected chi connectivity index (χ3v) is 2.55. The molecule has 0 atom stereocenters. The van der Waals surface area contributed by atoms with Crippen molar-refractivity contribution < 1.29 is 28.3 Å². The highest BCUT2D eigenvalue weighted by atomic mass is 32.2.